The Morgan fingerprint density at radius 1 is 0.391 bits per heavy atom. The lowest BCUT2D eigenvalue weighted by Crippen LogP contribution is -2.74. The van der Waals surface area contributed by atoms with Gasteiger partial charge >= 0.3 is 0 Å². The van der Waals surface area contributed by atoms with E-state index in [1.807, 2.05) is 115 Å². The van der Waals surface area contributed by atoms with Crippen molar-refractivity contribution in [3.63, 3.8) is 0 Å². The fourth-order valence-electron chi connectivity index (χ4n) is 9.60. The van der Waals surface area contributed by atoms with Gasteiger partial charge in [-0.25, -0.2) is 0 Å². The summed E-state index contributed by atoms with van der Waals surface area (Å²) in [5.74, 6) is 0. The van der Waals surface area contributed by atoms with Crippen molar-refractivity contribution in [3.05, 3.63) is 242 Å². The predicted octanol–water partition coefficient (Wildman–Crippen LogP) is 13.3. The normalized spacial score (nSPS) is 15.8. The average Bonchev–Trinajstić information content (AvgIpc) is 3.69. The Bertz CT molecular complexity index is 4750. The van der Waals surface area contributed by atoms with E-state index >= 15 is 0 Å². The highest BCUT2D eigenvalue weighted by Crippen LogP contribution is 2.47. The maximum atomic E-state index is 10.4. The Morgan fingerprint density at radius 3 is 1.69 bits per heavy atom. The number of fused-ring (bicyclic) bond motifs is 10. The van der Waals surface area contributed by atoms with E-state index in [1.54, 1.807) is 28.8 Å². The minimum atomic E-state index is -4.08. The third-order valence-electron chi connectivity index (χ3n) is 12.2. The minimum Gasteiger partial charge on any atom is -0.309 e. The van der Waals surface area contributed by atoms with Crippen molar-refractivity contribution in [2.24, 2.45) is 0 Å². The van der Waals surface area contributed by atoms with Crippen LogP contribution in [0.5, 0.6) is 0 Å². The second kappa shape index (κ2) is 14.7. The van der Waals surface area contributed by atoms with Gasteiger partial charge in [-0.05, 0) is 74.2 Å². The number of rotatable bonds is 7. The molecule has 3 aromatic heterocycles. The molecule has 0 atom stereocenters. The largest absolute Gasteiger partial charge is 0.309 e. The third kappa shape index (κ3) is 5.43. The maximum absolute atomic E-state index is 10.4. The van der Waals surface area contributed by atoms with Crippen LogP contribution >= 0.6 is 11.3 Å². The number of hydrogen-bond acceptors (Lipinski definition) is 1. The quantitative estimate of drug-likeness (QED) is 0.112. The van der Waals surface area contributed by atoms with Crippen molar-refractivity contribution in [2.45, 2.75) is 0 Å². The Labute approximate surface area is 400 Å². The van der Waals surface area contributed by atoms with Gasteiger partial charge in [0.2, 0.25) is 0 Å². The SMILES string of the molecule is [2H]c1c([2H])c([2H])c(-c2cccc([Si](c3ccccc3)(c3ccccc3)c3c([2H])c([2H])c(-n4c5ccccc5c5cc(-n6c7c([2H])c([2H])c([2H])c([2H])c7c7c([2H])c([2H])c([2H])c([2H])c76)c6sc7ccccc7c6c54)c([2H])c3[2H])c2)c([2H])c1[2H]. The Hall–Kier alpha value is -7.76. The van der Waals surface area contributed by atoms with Crippen LogP contribution in [0.3, 0.4) is 0 Å². The van der Waals surface area contributed by atoms with Crippen LogP contribution in [0.1, 0.15) is 23.3 Å². The molecule has 0 aliphatic rings. The summed E-state index contributed by atoms with van der Waals surface area (Å²) in [7, 11) is -4.08. The highest BCUT2D eigenvalue weighted by molar-refractivity contribution is 7.26. The second-order valence-corrected chi connectivity index (χ2v) is 20.3. The molecular weight excluding hydrogens is 809 g/mol. The fourth-order valence-corrected chi connectivity index (χ4v) is 15.3. The van der Waals surface area contributed by atoms with Gasteiger partial charge in [0.25, 0.3) is 0 Å². The van der Waals surface area contributed by atoms with E-state index in [1.165, 1.54) is 15.9 Å². The molecule has 3 heterocycles. The Kier molecular flexibility index (Phi) is 5.41. The van der Waals surface area contributed by atoms with Crippen LogP contribution in [0.25, 0.3) is 86.3 Å². The zero-order valence-corrected chi connectivity index (χ0v) is 35.4. The molecule has 0 aliphatic heterocycles. The molecule has 13 rings (SSSR count). The first-order valence-corrected chi connectivity index (χ1v) is 23.4. The van der Waals surface area contributed by atoms with Gasteiger partial charge < -0.3 is 9.13 Å². The molecule has 0 radical (unpaired) electrons. The molecule has 10 aromatic carbocycles. The summed E-state index contributed by atoms with van der Waals surface area (Å²) in [6, 6.07) is 34.4. The molecule has 0 saturated heterocycles. The van der Waals surface area contributed by atoms with Gasteiger partial charge in [0, 0.05) is 42.7 Å². The molecule has 13 aromatic rings. The molecule has 0 saturated carbocycles. The molecule has 300 valence electrons. The van der Waals surface area contributed by atoms with Crippen molar-refractivity contribution in [2.75, 3.05) is 0 Å². The lowest BCUT2D eigenvalue weighted by molar-refractivity contribution is 1.18. The third-order valence-corrected chi connectivity index (χ3v) is 18.0. The van der Waals surface area contributed by atoms with E-state index in [-0.39, 0.29) is 62.4 Å². The first-order valence-electron chi connectivity index (χ1n) is 29.1. The van der Waals surface area contributed by atoms with Gasteiger partial charge in [-0.1, -0.05) is 200 Å². The molecule has 0 bridgehead atoms. The van der Waals surface area contributed by atoms with Gasteiger partial charge in [-0.3, -0.25) is 0 Å². The van der Waals surface area contributed by atoms with E-state index in [0.29, 0.717) is 58.7 Å². The first kappa shape index (κ1) is 23.6. The average molecular weight is 866 g/mol. The molecule has 0 fully saturated rings. The zero-order valence-electron chi connectivity index (χ0n) is 50.6. The smallest absolute Gasteiger partial charge is 0.179 e. The van der Waals surface area contributed by atoms with Crippen LogP contribution in [0.4, 0.5) is 0 Å². The van der Waals surface area contributed by atoms with Crippen LogP contribution < -0.4 is 20.7 Å². The van der Waals surface area contributed by atoms with Crippen molar-refractivity contribution >= 4 is 104 Å². The van der Waals surface area contributed by atoms with Crippen LogP contribution in [0.15, 0.2) is 242 Å². The summed E-state index contributed by atoms with van der Waals surface area (Å²) in [5, 5.41) is 4.37. The number of benzene rings is 10. The van der Waals surface area contributed by atoms with Crippen molar-refractivity contribution in [3.8, 4) is 22.5 Å². The van der Waals surface area contributed by atoms with Crippen molar-refractivity contribution < 1.29 is 23.3 Å². The van der Waals surface area contributed by atoms with Crippen LogP contribution in [-0.4, -0.2) is 17.2 Å². The molecule has 0 amide bonds. The summed E-state index contributed by atoms with van der Waals surface area (Å²) in [5.41, 5.74) is 1.44. The van der Waals surface area contributed by atoms with Crippen LogP contribution in [0, 0.1) is 0 Å². The Balaban J connectivity index is 1.17. The molecular formula is C60H40N2SSi. The summed E-state index contributed by atoms with van der Waals surface area (Å²) in [4.78, 5) is 0. The van der Waals surface area contributed by atoms with E-state index in [9.17, 15) is 8.22 Å². The monoisotopic (exact) mass is 865 g/mol. The molecule has 4 heteroatoms. The topological polar surface area (TPSA) is 9.86 Å². The first-order chi connectivity index (χ1) is 38.8. The fraction of sp³-hybridized carbons (Fsp3) is 0. The molecule has 2 nitrogen and oxygen atoms in total. The van der Waals surface area contributed by atoms with Gasteiger partial charge in [0.15, 0.2) is 8.07 Å². The van der Waals surface area contributed by atoms with E-state index in [0.717, 1.165) is 10.1 Å². The number of thiophene rings is 1. The lowest BCUT2D eigenvalue weighted by atomic mass is 10.1. The standard InChI is InChI=1S/C60H40N2SSi/c1-4-19-41(20-5-1)42-21-18-26-47(39-42)64(44-22-6-2-7-23-44,45-24-8-3-9-25-45)46-37-35-43(36-38-46)61-53-31-14-12-29-50(53)52-40-56(60-58(59(52)61)51-30-13-17-34-57(51)63-60)62-54-32-15-10-27-48(54)49-28-11-16-33-55(49)62/h1-40H/i1D,4D,5D,10D,11D,15D,16D,19D,20D,27D,28D,32D,33D,35D,36D,37D,38D. The summed E-state index contributed by atoms with van der Waals surface area (Å²) in [6.07, 6.45) is 0. The van der Waals surface area contributed by atoms with Crippen molar-refractivity contribution in [1.29, 1.82) is 0 Å². The summed E-state index contributed by atoms with van der Waals surface area (Å²) < 4.78 is 162. The van der Waals surface area contributed by atoms with Crippen LogP contribution in [-0.2, 0) is 0 Å². The van der Waals surface area contributed by atoms with Gasteiger partial charge in [-0.15, -0.1) is 11.3 Å². The number of nitrogens with zero attached hydrogens (tertiary/aromatic N) is 2. The highest BCUT2D eigenvalue weighted by atomic mass is 32.1. The van der Waals surface area contributed by atoms with E-state index < -0.39 is 86.6 Å². The predicted molar refractivity (Wildman–Crippen MR) is 277 cm³/mol. The molecule has 0 spiro atoms. The lowest BCUT2D eigenvalue weighted by Gasteiger charge is -2.35. The Morgan fingerprint density at radius 2 is 0.984 bits per heavy atom. The molecule has 0 N–H and O–H groups in total. The van der Waals surface area contributed by atoms with Crippen LogP contribution in [0.2, 0.25) is 0 Å². The van der Waals surface area contributed by atoms with E-state index in [2.05, 4.69) is 0 Å². The molecule has 0 unspecified atom stereocenters. The van der Waals surface area contributed by atoms with Gasteiger partial charge in [0.05, 0.1) is 55.8 Å². The van der Waals surface area contributed by atoms with Gasteiger partial charge in [-0.2, -0.15) is 0 Å². The number of hydrogen-bond donors (Lipinski definition) is 0. The van der Waals surface area contributed by atoms with Crippen molar-refractivity contribution in [1.82, 2.24) is 9.13 Å². The molecule has 64 heavy (non-hydrogen) atoms. The highest BCUT2D eigenvalue weighted by Gasteiger charge is 2.41. The summed E-state index contributed by atoms with van der Waals surface area (Å²) >= 11 is 1.35. The zero-order chi connectivity index (χ0) is 57.0. The second-order valence-electron chi connectivity index (χ2n) is 15.5. The number of aromatic nitrogens is 2. The maximum Gasteiger partial charge on any atom is 0.179 e. The molecule has 0 aliphatic carbocycles. The van der Waals surface area contributed by atoms with Gasteiger partial charge in [0.1, 0.15) is 0 Å². The number of para-hydroxylation sites is 3. The summed E-state index contributed by atoms with van der Waals surface area (Å²) in [6.45, 7) is 0. The van der Waals surface area contributed by atoms with E-state index in [4.69, 9.17) is 15.1 Å². The minimum absolute atomic E-state index is 0.0319.